The fraction of sp³-hybridized carbons (Fsp3) is 0.700. The normalized spacial score (nSPS) is 11.7. The first-order valence-electron chi connectivity index (χ1n) is 5.14. The lowest BCUT2D eigenvalue weighted by molar-refractivity contribution is -0.146. The van der Waals surface area contributed by atoms with Crippen LogP contribution in [-0.4, -0.2) is 26.2 Å². The summed E-state index contributed by atoms with van der Waals surface area (Å²) in [6.07, 6.45) is 1.48. The molecule has 0 atom stereocenters. The molecule has 0 saturated heterocycles. The highest BCUT2D eigenvalue weighted by atomic mass is 32.2. The molecule has 16 heavy (non-hydrogen) atoms. The number of carboxylic acid groups (broad SMARTS) is 1. The SMILES string of the molecule is CCc1nsc(SCCC(C)(C)C(=O)O)n1. The number of aromatic nitrogens is 2. The first-order valence-corrected chi connectivity index (χ1v) is 6.90. The van der Waals surface area contributed by atoms with Gasteiger partial charge in [-0.05, 0) is 31.8 Å². The van der Waals surface area contributed by atoms with Gasteiger partial charge in [-0.15, -0.1) is 0 Å². The summed E-state index contributed by atoms with van der Waals surface area (Å²) in [6.45, 7) is 5.50. The zero-order valence-electron chi connectivity index (χ0n) is 9.69. The zero-order valence-corrected chi connectivity index (χ0v) is 11.3. The number of hydrogen-bond acceptors (Lipinski definition) is 5. The Bertz CT molecular complexity index is 363. The number of rotatable bonds is 6. The first kappa shape index (κ1) is 13.4. The standard InChI is InChI=1S/C10H16N2O2S2/c1-4-7-11-9(16-12-7)15-6-5-10(2,3)8(13)14/h4-6H2,1-3H3,(H,13,14). The second kappa shape index (κ2) is 5.63. The average molecular weight is 260 g/mol. The van der Waals surface area contributed by atoms with Crippen molar-refractivity contribution >= 4 is 29.3 Å². The summed E-state index contributed by atoms with van der Waals surface area (Å²) in [5, 5.41) is 8.95. The summed E-state index contributed by atoms with van der Waals surface area (Å²) in [5.74, 6) is 0.877. The number of hydrogen-bond donors (Lipinski definition) is 1. The molecule has 1 aromatic heterocycles. The van der Waals surface area contributed by atoms with Crippen molar-refractivity contribution < 1.29 is 9.90 Å². The van der Waals surface area contributed by atoms with Gasteiger partial charge >= 0.3 is 5.97 Å². The van der Waals surface area contributed by atoms with Crippen molar-refractivity contribution in [2.24, 2.45) is 5.41 Å². The van der Waals surface area contributed by atoms with Crippen LogP contribution in [-0.2, 0) is 11.2 Å². The molecule has 0 aliphatic carbocycles. The van der Waals surface area contributed by atoms with Gasteiger partial charge in [0.15, 0.2) is 4.34 Å². The van der Waals surface area contributed by atoms with E-state index in [1.807, 2.05) is 6.92 Å². The largest absolute Gasteiger partial charge is 0.481 e. The Kier molecular flexibility index (Phi) is 4.73. The molecule has 0 aromatic carbocycles. The molecule has 0 unspecified atom stereocenters. The van der Waals surface area contributed by atoms with E-state index in [1.165, 1.54) is 11.5 Å². The van der Waals surface area contributed by atoms with Crippen molar-refractivity contribution in [3.63, 3.8) is 0 Å². The Balaban J connectivity index is 2.38. The smallest absolute Gasteiger partial charge is 0.309 e. The Morgan fingerprint density at radius 3 is 2.75 bits per heavy atom. The second-order valence-electron chi connectivity index (χ2n) is 4.12. The van der Waals surface area contributed by atoms with Crippen LogP contribution in [0.15, 0.2) is 4.34 Å². The van der Waals surface area contributed by atoms with Crippen LogP contribution >= 0.6 is 23.3 Å². The monoisotopic (exact) mass is 260 g/mol. The van der Waals surface area contributed by atoms with E-state index >= 15 is 0 Å². The predicted octanol–water partition coefficient (Wildman–Crippen LogP) is 2.69. The highest BCUT2D eigenvalue weighted by Crippen LogP contribution is 2.27. The zero-order chi connectivity index (χ0) is 12.2. The first-order chi connectivity index (χ1) is 7.45. The lowest BCUT2D eigenvalue weighted by atomic mass is 9.91. The highest BCUT2D eigenvalue weighted by Gasteiger charge is 2.26. The lowest BCUT2D eigenvalue weighted by Gasteiger charge is -2.17. The van der Waals surface area contributed by atoms with Gasteiger partial charge in [0, 0.05) is 12.2 Å². The number of nitrogens with zero attached hydrogens (tertiary/aromatic N) is 2. The number of thioether (sulfide) groups is 1. The van der Waals surface area contributed by atoms with Crippen molar-refractivity contribution in [3.8, 4) is 0 Å². The molecule has 1 aromatic rings. The fourth-order valence-electron chi connectivity index (χ4n) is 0.941. The summed E-state index contributed by atoms with van der Waals surface area (Å²) in [5.41, 5.74) is -0.661. The molecule has 0 bridgehead atoms. The van der Waals surface area contributed by atoms with Crippen molar-refractivity contribution in [1.29, 1.82) is 0 Å². The van der Waals surface area contributed by atoms with E-state index in [4.69, 9.17) is 5.11 Å². The van der Waals surface area contributed by atoms with E-state index in [1.54, 1.807) is 25.6 Å². The highest BCUT2D eigenvalue weighted by molar-refractivity contribution is 8.00. The van der Waals surface area contributed by atoms with E-state index < -0.39 is 11.4 Å². The molecule has 1 N–H and O–H groups in total. The minimum Gasteiger partial charge on any atom is -0.481 e. The molecule has 0 spiro atoms. The molecule has 1 heterocycles. The molecule has 0 saturated carbocycles. The third-order valence-electron chi connectivity index (χ3n) is 2.30. The molecule has 4 nitrogen and oxygen atoms in total. The molecule has 0 aliphatic heterocycles. The molecule has 0 fully saturated rings. The van der Waals surface area contributed by atoms with Gasteiger partial charge in [-0.1, -0.05) is 18.7 Å². The van der Waals surface area contributed by atoms with E-state index in [9.17, 15) is 4.79 Å². The molecule has 0 amide bonds. The third kappa shape index (κ3) is 3.75. The van der Waals surface area contributed by atoms with Gasteiger partial charge in [-0.3, -0.25) is 4.79 Å². The van der Waals surface area contributed by atoms with Gasteiger partial charge in [0.05, 0.1) is 5.41 Å². The summed E-state index contributed by atoms with van der Waals surface area (Å²) in [7, 11) is 0. The van der Waals surface area contributed by atoms with Crippen molar-refractivity contribution in [2.75, 3.05) is 5.75 Å². The molecular weight excluding hydrogens is 244 g/mol. The molecular formula is C10H16N2O2S2. The van der Waals surface area contributed by atoms with Gasteiger partial charge in [0.25, 0.3) is 0 Å². The van der Waals surface area contributed by atoms with Gasteiger partial charge in [0.1, 0.15) is 5.82 Å². The number of carbonyl (C=O) groups is 1. The van der Waals surface area contributed by atoms with Gasteiger partial charge in [-0.2, -0.15) is 4.37 Å². The Labute approximate surface area is 104 Å². The summed E-state index contributed by atoms with van der Waals surface area (Å²) in [6, 6.07) is 0. The Morgan fingerprint density at radius 2 is 2.25 bits per heavy atom. The second-order valence-corrected chi connectivity index (χ2v) is 6.21. The van der Waals surface area contributed by atoms with Crippen molar-refractivity contribution in [3.05, 3.63) is 5.82 Å². The number of aryl methyl sites for hydroxylation is 1. The summed E-state index contributed by atoms with van der Waals surface area (Å²) >= 11 is 2.97. The summed E-state index contributed by atoms with van der Waals surface area (Å²) < 4.78 is 5.11. The van der Waals surface area contributed by atoms with E-state index in [-0.39, 0.29) is 0 Å². The minimum absolute atomic E-state index is 0.633. The molecule has 6 heteroatoms. The maximum Gasteiger partial charge on any atom is 0.309 e. The van der Waals surface area contributed by atoms with Crippen LogP contribution in [0.5, 0.6) is 0 Å². The predicted molar refractivity (Wildman–Crippen MR) is 66.0 cm³/mol. The van der Waals surface area contributed by atoms with Gasteiger partial charge in [0.2, 0.25) is 0 Å². The lowest BCUT2D eigenvalue weighted by Crippen LogP contribution is -2.24. The van der Waals surface area contributed by atoms with Gasteiger partial charge in [-0.25, -0.2) is 4.98 Å². The third-order valence-corrected chi connectivity index (χ3v) is 4.17. The molecule has 0 aliphatic rings. The summed E-state index contributed by atoms with van der Waals surface area (Å²) in [4.78, 5) is 15.2. The van der Waals surface area contributed by atoms with Crippen LogP contribution in [0.25, 0.3) is 0 Å². The Hall–Kier alpha value is -0.620. The average Bonchev–Trinajstić information content (AvgIpc) is 2.65. The van der Waals surface area contributed by atoms with Crippen LogP contribution in [0.2, 0.25) is 0 Å². The Morgan fingerprint density at radius 1 is 1.56 bits per heavy atom. The molecule has 1 rings (SSSR count). The van der Waals surface area contributed by atoms with Crippen LogP contribution in [0.3, 0.4) is 0 Å². The molecule has 0 radical (unpaired) electrons. The van der Waals surface area contributed by atoms with Crippen LogP contribution < -0.4 is 0 Å². The molecule has 90 valence electrons. The number of carboxylic acids is 1. The number of aliphatic carboxylic acids is 1. The van der Waals surface area contributed by atoms with Crippen LogP contribution in [0.1, 0.15) is 33.0 Å². The van der Waals surface area contributed by atoms with Gasteiger partial charge < -0.3 is 5.11 Å². The fourth-order valence-corrected chi connectivity index (χ4v) is 2.97. The maximum absolute atomic E-state index is 10.9. The van der Waals surface area contributed by atoms with Crippen molar-refractivity contribution in [2.45, 2.75) is 38.0 Å². The minimum atomic E-state index is -0.750. The van der Waals surface area contributed by atoms with E-state index in [2.05, 4.69) is 9.36 Å². The van der Waals surface area contributed by atoms with Crippen molar-refractivity contribution in [1.82, 2.24) is 9.36 Å². The maximum atomic E-state index is 10.9. The van der Waals surface area contributed by atoms with E-state index in [0.29, 0.717) is 6.42 Å². The van der Waals surface area contributed by atoms with E-state index in [0.717, 1.165) is 22.3 Å². The van der Waals surface area contributed by atoms with Crippen LogP contribution in [0.4, 0.5) is 0 Å². The quantitative estimate of drug-likeness (QED) is 0.797. The van der Waals surface area contributed by atoms with Crippen LogP contribution in [0, 0.1) is 5.41 Å². The topological polar surface area (TPSA) is 63.1 Å².